The molecule has 5 heteroatoms. The summed E-state index contributed by atoms with van der Waals surface area (Å²) < 4.78 is 0. The van der Waals surface area contributed by atoms with Gasteiger partial charge in [0.05, 0.1) is 0 Å². The van der Waals surface area contributed by atoms with Crippen LogP contribution in [-0.2, 0) is 19.4 Å². The summed E-state index contributed by atoms with van der Waals surface area (Å²) in [6, 6.07) is 20.3. The van der Waals surface area contributed by atoms with Crippen LogP contribution < -0.4 is 9.80 Å². The van der Waals surface area contributed by atoms with E-state index < -0.39 is 0 Å². The minimum atomic E-state index is -0.0806. The Morgan fingerprint density at radius 3 is 2.33 bits per heavy atom. The Labute approximate surface area is 158 Å². The average molecular weight is 356 g/mol. The van der Waals surface area contributed by atoms with Crippen LogP contribution in [0.4, 0.5) is 11.5 Å². The zero-order valence-electron chi connectivity index (χ0n) is 15.0. The fourth-order valence-corrected chi connectivity index (χ4v) is 3.99. The second-order valence-electron chi connectivity index (χ2n) is 7.05. The van der Waals surface area contributed by atoms with Gasteiger partial charge >= 0.3 is 0 Å². The van der Waals surface area contributed by atoms with E-state index in [-0.39, 0.29) is 5.91 Å². The summed E-state index contributed by atoms with van der Waals surface area (Å²) >= 11 is 0. The number of anilines is 2. The maximum absolute atomic E-state index is 12.9. The Morgan fingerprint density at radius 2 is 1.52 bits per heavy atom. The number of nitrogens with zero attached hydrogens (tertiary/aromatic N) is 4. The largest absolute Gasteiger partial charge is 0.350 e. The molecule has 0 saturated heterocycles. The molecule has 5 nitrogen and oxygen atoms in total. The van der Waals surface area contributed by atoms with Crippen molar-refractivity contribution >= 4 is 17.4 Å². The molecule has 0 radical (unpaired) electrons. The number of hydrogen-bond acceptors (Lipinski definition) is 4. The zero-order valence-corrected chi connectivity index (χ0v) is 15.0. The van der Waals surface area contributed by atoms with Gasteiger partial charge in [-0.2, -0.15) is 0 Å². The van der Waals surface area contributed by atoms with Crippen LogP contribution in [0.3, 0.4) is 0 Å². The highest BCUT2D eigenvalue weighted by molar-refractivity contribution is 6.06. The lowest BCUT2D eigenvalue weighted by atomic mass is 10.00. The van der Waals surface area contributed by atoms with Gasteiger partial charge in [0.15, 0.2) is 11.5 Å². The van der Waals surface area contributed by atoms with E-state index >= 15 is 0 Å². The maximum Gasteiger partial charge on any atom is 0.278 e. The topological polar surface area (TPSA) is 49.3 Å². The number of rotatable bonds is 2. The lowest BCUT2D eigenvalue weighted by molar-refractivity contribution is 0.0983. The van der Waals surface area contributed by atoms with Gasteiger partial charge in [-0.05, 0) is 47.7 Å². The fourth-order valence-electron chi connectivity index (χ4n) is 3.99. The summed E-state index contributed by atoms with van der Waals surface area (Å²) in [7, 11) is 0. The van der Waals surface area contributed by atoms with Crippen LogP contribution in [-0.4, -0.2) is 29.2 Å². The van der Waals surface area contributed by atoms with Crippen molar-refractivity contribution in [2.45, 2.75) is 19.4 Å². The molecule has 5 rings (SSSR count). The predicted molar refractivity (Wildman–Crippen MR) is 105 cm³/mol. The molecule has 0 aliphatic carbocycles. The van der Waals surface area contributed by atoms with Gasteiger partial charge in [-0.25, -0.2) is 0 Å². The smallest absolute Gasteiger partial charge is 0.278 e. The molecule has 2 aliphatic rings. The van der Waals surface area contributed by atoms with Crippen LogP contribution in [0.1, 0.15) is 27.2 Å². The van der Waals surface area contributed by atoms with Gasteiger partial charge in [-0.3, -0.25) is 4.79 Å². The summed E-state index contributed by atoms with van der Waals surface area (Å²) in [5.74, 6) is 0.742. The van der Waals surface area contributed by atoms with Gasteiger partial charge in [-0.15, -0.1) is 10.2 Å². The van der Waals surface area contributed by atoms with E-state index in [0.717, 1.165) is 37.4 Å². The molecular formula is C22H20N4O. The molecule has 3 heterocycles. The van der Waals surface area contributed by atoms with E-state index in [2.05, 4.69) is 45.4 Å². The third-order valence-electron chi connectivity index (χ3n) is 5.46. The number of aromatic nitrogens is 2. The summed E-state index contributed by atoms with van der Waals surface area (Å²) in [6.45, 7) is 2.45. The number of fused-ring (bicyclic) bond motifs is 2. The molecule has 0 bridgehead atoms. The fraction of sp³-hybridized carbons (Fsp3) is 0.227. The first-order valence-corrected chi connectivity index (χ1v) is 9.35. The zero-order chi connectivity index (χ0) is 18.2. The summed E-state index contributed by atoms with van der Waals surface area (Å²) in [6.07, 6.45) is 1.89. The first-order chi connectivity index (χ1) is 13.3. The average Bonchev–Trinajstić information content (AvgIpc) is 3.17. The lowest BCUT2D eigenvalue weighted by Crippen LogP contribution is -2.32. The molecule has 0 unspecified atom stereocenters. The van der Waals surface area contributed by atoms with Crippen molar-refractivity contribution in [1.82, 2.24) is 10.2 Å². The minimum absolute atomic E-state index is 0.0806. The Hall–Kier alpha value is -3.21. The van der Waals surface area contributed by atoms with Crippen molar-refractivity contribution in [3.63, 3.8) is 0 Å². The van der Waals surface area contributed by atoms with Crippen LogP contribution >= 0.6 is 0 Å². The molecule has 0 fully saturated rings. The molecule has 2 aromatic carbocycles. The van der Waals surface area contributed by atoms with Crippen molar-refractivity contribution in [3.8, 4) is 0 Å². The van der Waals surface area contributed by atoms with Crippen LogP contribution in [0.25, 0.3) is 0 Å². The van der Waals surface area contributed by atoms with E-state index in [9.17, 15) is 4.79 Å². The highest BCUT2D eigenvalue weighted by Crippen LogP contribution is 2.29. The first kappa shape index (κ1) is 16.0. The Bertz CT molecular complexity index is 999. The third-order valence-corrected chi connectivity index (χ3v) is 5.46. The number of amides is 1. The van der Waals surface area contributed by atoms with Gasteiger partial charge in [0, 0.05) is 25.3 Å². The highest BCUT2D eigenvalue weighted by atomic mass is 16.2. The van der Waals surface area contributed by atoms with Crippen molar-refractivity contribution in [1.29, 1.82) is 0 Å². The molecule has 0 atom stereocenters. The molecule has 1 aromatic heterocycles. The molecule has 0 saturated carbocycles. The number of benzene rings is 2. The second-order valence-corrected chi connectivity index (χ2v) is 7.05. The van der Waals surface area contributed by atoms with E-state index in [4.69, 9.17) is 0 Å². The van der Waals surface area contributed by atoms with E-state index in [0.29, 0.717) is 12.2 Å². The van der Waals surface area contributed by atoms with Crippen LogP contribution in [0.15, 0.2) is 60.7 Å². The molecule has 0 N–H and O–H groups in total. The van der Waals surface area contributed by atoms with Gasteiger partial charge in [-0.1, -0.05) is 42.5 Å². The molecule has 134 valence electrons. The van der Waals surface area contributed by atoms with E-state index in [1.54, 1.807) is 11.0 Å². The predicted octanol–water partition coefficient (Wildman–Crippen LogP) is 3.24. The Morgan fingerprint density at radius 1 is 0.778 bits per heavy atom. The van der Waals surface area contributed by atoms with Crippen LogP contribution in [0, 0.1) is 0 Å². The van der Waals surface area contributed by atoms with E-state index in [1.807, 2.05) is 24.3 Å². The summed E-state index contributed by atoms with van der Waals surface area (Å²) in [4.78, 5) is 16.9. The molecule has 27 heavy (non-hydrogen) atoms. The standard InChI is InChI=1S/C22H20N4O/c27-22(26-14-12-17-6-3-4-8-20(17)26)19-9-10-21(24-23-19)25-13-11-16-5-1-2-7-18(16)15-25/h1-10H,11-15H2. The highest BCUT2D eigenvalue weighted by Gasteiger charge is 2.26. The van der Waals surface area contributed by atoms with Crippen molar-refractivity contribution in [2.75, 3.05) is 22.9 Å². The number of carbonyl (C=O) groups excluding carboxylic acids is 1. The lowest BCUT2D eigenvalue weighted by Gasteiger charge is -2.29. The van der Waals surface area contributed by atoms with Crippen molar-refractivity contribution in [3.05, 3.63) is 83.0 Å². The quantitative estimate of drug-likeness (QED) is 0.707. The molecule has 2 aliphatic heterocycles. The van der Waals surface area contributed by atoms with Gasteiger partial charge in [0.1, 0.15) is 0 Å². The molecular weight excluding hydrogens is 336 g/mol. The molecule has 3 aromatic rings. The summed E-state index contributed by atoms with van der Waals surface area (Å²) in [5, 5.41) is 8.60. The first-order valence-electron chi connectivity index (χ1n) is 9.35. The monoisotopic (exact) mass is 356 g/mol. The third kappa shape index (κ3) is 2.85. The van der Waals surface area contributed by atoms with Crippen molar-refractivity contribution in [2.24, 2.45) is 0 Å². The van der Waals surface area contributed by atoms with Gasteiger partial charge in [0.25, 0.3) is 5.91 Å². The minimum Gasteiger partial charge on any atom is -0.350 e. The maximum atomic E-state index is 12.9. The number of para-hydroxylation sites is 1. The molecule has 1 amide bonds. The normalized spacial score (nSPS) is 15.4. The Kier molecular flexibility index (Phi) is 3.85. The van der Waals surface area contributed by atoms with Crippen LogP contribution in [0.2, 0.25) is 0 Å². The summed E-state index contributed by atoms with van der Waals surface area (Å²) in [5.41, 5.74) is 5.33. The SMILES string of the molecule is O=C(c1ccc(N2CCc3ccccc3C2)nn1)N1CCc2ccccc21. The van der Waals surface area contributed by atoms with Crippen molar-refractivity contribution < 1.29 is 4.79 Å². The van der Waals surface area contributed by atoms with Gasteiger partial charge < -0.3 is 9.80 Å². The number of hydrogen-bond donors (Lipinski definition) is 0. The van der Waals surface area contributed by atoms with Crippen LogP contribution in [0.5, 0.6) is 0 Å². The van der Waals surface area contributed by atoms with Gasteiger partial charge in [0.2, 0.25) is 0 Å². The number of carbonyl (C=O) groups is 1. The second kappa shape index (κ2) is 6.50. The van der Waals surface area contributed by atoms with E-state index in [1.165, 1.54) is 16.7 Å². The molecule has 0 spiro atoms. The Balaban J connectivity index is 1.35.